The summed E-state index contributed by atoms with van der Waals surface area (Å²) in [5, 5.41) is 11.7. The molecule has 1 saturated heterocycles. The van der Waals surface area contributed by atoms with Crippen LogP contribution in [0.5, 0.6) is 0 Å². The minimum Gasteiger partial charge on any atom is -0.351 e. The van der Waals surface area contributed by atoms with Crippen LogP contribution in [0.4, 0.5) is 13.2 Å². The number of hydrogen-bond donors (Lipinski definition) is 2. The van der Waals surface area contributed by atoms with Gasteiger partial charge in [0.2, 0.25) is 5.91 Å². The highest BCUT2D eigenvalue weighted by Crippen LogP contribution is 2.65. The largest absolute Gasteiger partial charge is 0.416 e. The lowest BCUT2D eigenvalue weighted by atomic mass is 9.69. The molecule has 2 heterocycles. The van der Waals surface area contributed by atoms with Crippen LogP contribution in [0.15, 0.2) is 36.5 Å². The fourth-order valence-electron chi connectivity index (χ4n) is 7.08. The quantitative estimate of drug-likeness (QED) is 0.449. The van der Waals surface area contributed by atoms with Gasteiger partial charge in [-0.05, 0) is 87.0 Å². The summed E-state index contributed by atoms with van der Waals surface area (Å²) in [7, 11) is 0. The highest BCUT2D eigenvalue weighted by atomic mass is 35.5. The van der Waals surface area contributed by atoms with E-state index in [2.05, 4.69) is 52.2 Å². The smallest absolute Gasteiger partial charge is 0.351 e. The van der Waals surface area contributed by atoms with E-state index >= 15 is 0 Å². The van der Waals surface area contributed by atoms with Crippen molar-refractivity contribution in [1.29, 1.82) is 0 Å². The lowest BCUT2D eigenvalue weighted by molar-refractivity contribution is -0.137. The molecule has 9 heteroatoms. The molecular weight excluding hydrogens is 513 g/mol. The third kappa shape index (κ3) is 4.76. The molecule has 2 unspecified atom stereocenters. The molecule has 0 radical (unpaired) electrons. The molecule has 1 aromatic carbocycles. The maximum atomic E-state index is 13.6. The van der Waals surface area contributed by atoms with Crippen molar-refractivity contribution in [3.8, 4) is 0 Å². The number of carbonyl (C=O) groups is 1. The van der Waals surface area contributed by atoms with Crippen LogP contribution in [0.2, 0.25) is 0 Å². The lowest BCUT2D eigenvalue weighted by Gasteiger charge is -2.39. The van der Waals surface area contributed by atoms with Gasteiger partial charge in [-0.2, -0.15) is 18.3 Å². The molecule has 2 bridgehead atoms. The Kier molecular flexibility index (Phi) is 7.27. The number of halogens is 4. The van der Waals surface area contributed by atoms with Crippen LogP contribution in [0.1, 0.15) is 96.0 Å². The average Bonchev–Trinajstić information content (AvgIpc) is 3.54. The van der Waals surface area contributed by atoms with Crippen molar-refractivity contribution in [2.75, 3.05) is 0 Å². The first kappa shape index (κ1) is 28.9. The van der Waals surface area contributed by atoms with Gasteiger partial charge in [0.05, 0.1) is 22.8 Å². The third-order valence-electron chi connectivity index (χ3n) is 9.97. The van der Waals surface area contributed by atoms with Gasteiger partial charge in [0, 0.05) is 24.2 Å². The summed E-state index contributed by atoms with van der Waals surface area (Å²) in [6, 6.07) is 6.63. The number of aromatic nitrogens is 2. The van der Waals surface area contributed by atoms with Crippen LogP contribution >= 0.6 is 12.4 Å². The molecule has 2 aliphatic carbocycles. The standard InChI is InChI=1S/C29H39F3N4O.ClH/c1-26(2,3)36-14-12-21(35-36)20-16-22(33-24(20)17-7-9-18(10-8-17)29(30,31)32)25(37)34-23-15-19-11-13-28(23,6)27(19,4)5;/h7-10,12,14,19-20,22-24,33H,11,13,15-16H2,1-6H3,(H,34,37);1H/t19?,20?,22-,23-,24-,28-;/m0./s1. The number of nitrogens with zero attached hydrogens (tertiary/aromatic N) is 2. The molecule has 6 atom stereocenters. The maximum Gasteiger partial charge on any atom is 0.416 e. The zero-order valence-corrected chi connectivity index (χ0v) is 23.8. The van der Waals surface area contributed by atoms with Crippen molar-refractivity contribution >= 4 is 18.3 Å². The van der Waals surface area contributed by atoms with Gasteiger partial charge in [-0.25, -0.2) is 0 Å². The van der Waals surface area contributed by atoms with Gasteiger partial charge in [0.15, 0.2) is 0 Å². The van der Waals surface area contributed by atoms with Crippen molar-refractivity contribution in [2.45, 2.75) is 103 Å². The normalized spacial score (nSPS) is 32.3. The molecule has 38 heavy (non-hydrogen) atoms. The van der Waals surface area contributed by atoms with Crippen LogP contribution in [0.25, 0.3) is 0 Å². The predicted molar refractivity (Wildman–Crippen MR) is 144 cm³/mol. The van der Waals surface area contributed by atoms with E-state index in [9.17, 15) is 18.0 Å². The highest BCUT2D eigenvalue weighted by molar-refractivity contribution is 5.85. The fourth-order valence-corrected chi connectivity index (χ4v) is 7.08. The molecular formula is C29H40ClF3N4O. The zero-order chi connectivity index (χ0) is 27.0. The average molecular weight is 553 g/mol. The van der Waals surface area contributed by atoms with Crippen LogP contribution in [-0.4, -0.2) is 27.8 Å². The summed E-state index contributed by atoms with van der Waals surface area (Å²) >= 11 is 0. The highest BCUT2D eigenvalue weighted by Gasteiger charge is 2.61. The van der Waals surface area contributed by atoms with E-state index in [0.717, 1.165) is 36.2 Å². The molecule has 2 aromatic rings. The van der Waals surface area contributed by atoms with Crippen molar-refractivity contribution in [3.63, 3.8) is 0 Å². The minimum atomic E-state index is -4.39. The van der Waals surface area contributed by atoms with Gasteiger partial charge in [0.25, 0.3) is 0 Å². The SMILES string of the molecule is CC(C)(C)n1ccc(C2C[C@@H](C(=O)N[C@H]3CC4CC[C@]3(C)C4(C)C)N[C@H]2c2ccc(C(F)(F)F)cc2)n1.Cl. The number of hydrogen-bond acceptors (Lipinski definition) is 3. The molecule has 3 aliphatic rings. The zero-order valence-electron chi connectivity index (χ0n) is 23.0. The first-order valence-corrected chi connectivity index (χ1v) is 13.4. The Labute approximate surface area is 229 Å². The lowest BCUT2D eigenvalue weighted by Crippen LogP contribution is -2.51. The summed E-state index contributed by atoms with van der Waals surface area (Å²) in [5.41, 5.74) is 0.962. The number of amides is 1. The van der Waals surface area contributed by atoms with Gasteiger partial charge >= 0.3 is 6.18 Å². The van der Waals surface area contributed by atoms with Crippen molar-refractivity contribution in [2.24, 2.45) is 16.7 Å². The predicted octanol–water partition coefficient (Wildman–Crippen LogP) is 6.60. The van der Waals surface area contributed by atoms with Gasteiger partial charge in [-0.3, -0.25) is 14.8 Å². The number of benzene rings is 1. The first-order valence-electron chi connectivity index (χ1n) is 13.4. The van der Waals surface area contributed by atoms with Gasteiger partial charge in [0.1, 0.15) is 0 Å². The van der Waals surface area contributed by atoms with E-state index in [0.29, 0.717) is 12.3 Å². The molecule has 5 rings (SSSR count). The molecule has 3 fully saturated rings. The Hall–Kier alpha value is -2.06. The molecule has 2 N–H and O–H groups in total. The Morgan fingerprint density at radius 1 is 1.08 bits per heavy atom. The van der Waals surface area contributed by atoms with Gasteiger partial charge in [-0.1, -0.05) is 32.9 Å². The monoisotopic (exact) mass is 552 g/mol. The Bertz CT molecular complexity index is 1170. The third-order valence-corrected chi connectivity index (χ3v) is 9.97. The van der Waals surface area contributed by atoms with E-state index in [1.165, 1.54) is 18.6 Å². The first-order chi connectivity index (χ1) is 17.1. The van der Waals surface area contributed by atoms with E-state index in [-0.39, 0.29) is 52.7 Å². The summed E-state index contributed by atoms with van der Waals surface area (Å²) in [5.74, 6) is 0.459. The van der Waals surface area contributed by atoms with E-state index in [4.69, 9.17) is 5.10 Å². The number of carbonyl (C=O) groups excluding carboxylic acids is 1. The van der Waals surface area contributed by atoms with E-state index < -0.39 is 17.8 Å². The van der Waals surface area contributed by atoms with Crippen molar-refractivity contribution < 1.29 is 18.0 Å². The summed E-state index contributed by atoms with van der Waals surface area (Å²) < 4.78 is 41.4. The number of fused-ring (bicyclic) bond motifs is 2. The van der Waals surface area contributed by atoms with Crippen molar-refractivity contribution in [3.05, 3.63) is 53.3 Å². The Morgan fingerprint density at radius 2 is 1.74 bits per heavy atom. The van der Waals surface area contributed by atoms with Gasteiger partial charge < -0.3 is 5.32 Å². The number of nitrogens with one attached hydrogen (secondary N) is 2. The molecule has 5 nitrogen and oxygen atoms in total. The maximum absolute atomic E-state index is 13.6. The topological polar surface area (TPSA) is 59.0 Å². The number of alkyl halides is 3. The molecule has 1 amide bonds. The minimum absolute atomic E-state index is 0. The van der Waals surface area contributed by atoms with Gasteiger partial charge in [-0.15, -0.1) is 12.4 Å². The van der Waals surface area contributed by atoms with Crippen LogP contribution in [0, 0.1) is 16.7 Å². The molecule has 1 aliphatic heterocycles. The van der Waals surface area contributed by atoms with Crippen LogP contribution in [0.3, 0.4) is 0 Å². The molecule has 1 aromatic heterocycles. The molecule has 2 saturated carbocycles. The van der Waals surface area contributed by atoms with E-state index in [1.807, 2.05) is 16.9 Å². The Balaban J connectivity index is 0.00000336. The molecule has 210 valence electrons. The van der Waals surface area contributed by atoms with Crippen LogP contribution < -0.4 is 10.6 Å². The second-order valence-electron chi connectivity index (χ2n) is 13.2. The second-order valence-corrected chi connectivity index (χ2v) is 13.2. The van der Waals surface area contributed by atoms with Crippen molar-refractivity contribution in [1.82, 2.24) is 20.4 Å². The van der Waals surface area contributed by atoms with Crippen LogP contribution in [-0.2, 0) is 16.5 Å². The Morgan fingerprint density at radius 3 is 2.24 bits per heavy atom. The summed E-state index contributed by atoms with van der Waals surface area (Å²) in [6.45, 7) is 13.2. The number of rotatable bonds is 4. The van der Waals surface area contributed by atoms with E-state index in [1.54, 1.807) is 0 Å². The summed E-state index contributed by atoms with van der Waals surface area (Å²) in [4.78, 5) is 13.6. The fraction of sp³-hybridized carbons (Fsp3) is 0.655. The second kappa shape index (κ2) is 9.54. The molecule has 0 spiro atoms. The summed E-state index contributed by atoms with van der Waals surface area (Å²) in [6.07, 6.45) is 1.42.